The molecule has 0 aromatic rings. The number of unbranched alkanes of at least 4 members (excludes halogenated alkanes) is 21. The first-order valence-corrected chi connectivity index (χ1v) is 27.3. The van der Waals surface area contributed by atoms with Crippen LogP contribution in [0.25, 0.3) is 0 Å². The van der Waals surface area contributed by atoms with Gasteiger partial charge in [-0.15, -0.1) is 0 Å². The Morgan fingerprint density at radius 3 is 1.64 bits per heavy atom. The van der Waals surface area contributed by atoms with Crippen LogP contribution in [0.3, 0.4) is 0 Å². The molecule has 0 saturated heterocycles. The topological polar surface area (TPSA) is 152 Å². The van der Waals surface area contributed by atoms with Gasteiger partial charge in [0, 0.05) is 12.8 Å². The molecule has 0 aliphatic heterocycles. The number of hydrogen-bond acceptors (Lipinski definition) is 10. The predicted octanol–water partition coefficient (Wildman–Crippen LogP) is 12.7. The van der Waals surface area contributed by atoms with Crippen LogP contribution in [0.5, 0.6) is 0 Å². The highest BCUT2D eigenvalue weighted by molar-refractivity contribution is 7.45. The Morgan fingerprint density at radius 2 is 1.11 bits per heavy atom. The Hall–Kier alpha value is -2.63. The third-order valence-corrected chi connectivity index (χ3v) is 11.9. The van der Waals surface area contributed by atoms with Gasteiger partial charge in [-0.05, 0) is 38.5 Å². The quantitative estimate of drug-likeness (QED) is 0.0151. The Bertz CT molecular complexity index is 1380. The van der Waals surface area contributed by atoms with Crippen molar-refractivity contribution in [3.05, 3.63) is 72.9 Å². The number of likely N-dealkylation sites (N-methyl/N-ethyl adjacent to an activating group) is 1. The van der Waals surface area contributed by atoms with Crippen molar-refractivity contribution in [1.29, 1.82) is 0 Å². The molecule has 2 N–H and O–H groups in total. The average Bonchev–Trinajstić information content (AvgIpc) is 3.26. The van der Waals surface area contributed by atoms with Gasteiger partial charge in [-0.2, -0.15) is 0 Å². The van der Waals surface area contributed by atoms with Gasteiger partial charge < -0.3 is 38.1 Å². The minimum atomic E-state index is -4.69. The van der Waals surface area contributed by atoms with E-state index in [2.05, 4.69) is 13.8 Å². The van der Waals surface area contributed by atoms with Gasteiger partial charge in [-0.1, -0.05) is 215 Å². The molecule has 0 aliphatic carbocycles. The lowest BCUT2D eigenvalue weighted by atomic mass is 10.0. The third-order valence-electron chi connectivity index (χ3n) is 10.9. The van der Waals surface area contributed by atoms with Crippen LogP contribution in [-0.2, 0) is 32.7 Å². The lowest BCUT2D eigenvalue weighted by Gasteiger charge is -2.28. The maximum atomic E-state index is 12.7. The van der Waals surface area contributed by atoms with E-state index in [0.717, 1.165) is 25.7 Å². The summed E-state index contributed by atoms with van der Waals surface area (Å²) in [6.45, 7) is 3.83. The molecular formula is C54H96NO10P. The van der Waals surface area contributed by atoms with Crippen molar-refractivity contribution in [3.8, 4) is 0 Å². The van der Waals surface area contributed by atoms with Gasteiger partial charge in [0.2, 0.25) is 0 Å². The van der Waals surface area contributed by atoms with Crippen molar-refractivity contribution >= 4 is 19.8 Å². The normalized spacial score (nSPS) is 15.0. The first kappa shape index (κ1) is 63.4. The van der Waals surface area contributed by atoms with Gasteiger partial charge in [-0.3, -0.25) is 14.2 Å². The van der Waals surface area contributed by atoms with Crippen LogP contribution >= 0.6 is 7.82 Å². The highest BCUT2D eigenvalue weighted by atomic mass is 31.2. The number of phosphoric ester groups is 1. The van der Waals surface area contributed by atoms with Crippen molar-refractivity contribution in [2.45, 2.75) is 212 Å². The fraction of sp³-hybridized carbons (Fsp3) is 0.741. The number of allylic oxidation sites excluding steroid dienone is 8. The van der Waals surface area contributed by atoms with Crippen molar-refractivity contribution in [2.75, 3.05) is 47.5 Å². The van der Waals surface area contributed by atoms with E-state index in [-0.39, 0.29) is 26.1 Å². The summed E-state index contributed by atoms with van der Waals surface area (Å²) in [6.07, 6.45) is 50.1. The summed E-state index contributed by atoms with van der Waals surface area (Å²) in [5.74, 6) is -1.01. The summed E-state index contributed by atoms with van der Waals surface area (Å²) < 4.78 is 33.9. The number of phosphoric acid groups is 1. The zero-order chi connectivity index (χ0) is 48.8. The highest BCUT2D eigenvalue weighted by Crippen LogP contribution is 2.38. The lowest BCUT2D eigenvalue weighted by molar-refractivity contribution is -0.870. The van der Waals surface area contributed by atoms with Crippen LogP contribution in [0, 0.1) is 0 Å². The van der Waals surface area contributed by atoms with Gasteiger partial charge >= 0.3 is 11.9 Å². The summed E-state index contributed by atoms with van der Waals surface area (Å²) in [4.78, 5) is 37.7. The maximum absolute atomic E-state index is 12.7. The van der Waals surface area contributed by atoms with Gasteiger partial charge in [0.25, 0.3) is 7.82 Å². The molecule has 0 aliphatic rings. The van der Waals surface area contributed by atoms with E-state index < -0.39 is 44.7 Å². The minimum absolute atomic E-state index is 0.0372. The molecule has 0 fully saturated rings. The minimum Gasteiger partial charge on any atom is -0.756 e. The van der Waals surface area contributed by atoms with E-state index >= 15 is 0 Å². The van der Waals surface area contributed by atoms with E-state index in [4.69, 9.17) is 18.5 Å². The second-order valence-corrected chi connectivity index (χ2v) is 20.0. The molecule has 0 heterocycles. The van der Waals surface area contributed by atoms with Crippen molar-refractivity contribution in [2.24, 2.45) is 0 Å². The van der Waals surface area contributed by atoms with E-state index in [9.17, 15) is 29.3 Å². The van der Waals surface area contributed by atoms with Crippen molar-refractivity contribution < 1.29 is 52.3 Å². The van der Waals surface area contributed by atoms with Crippen LogP contribution in [0.4, 0.5) is 0 Å². The van der Waals surface area contributed by atoms with E-state index in [0.29, 0.717) is 43.1 Å². The average molecular weight is 950 g/mol. The molecule has 0 radical (unpaired) electrons. The van der Waals surface area contributed by atoms with Crippen molar-refractivity contribution in [1.82, 2.24) is 0 Å². The molecular weight excluding hydrogens is 854 g/mol. The number of nitrogens with zero attached hydrogens (tertiary/aromatic N) is 1. The molecule has 0 bridgehead atoms. The van der Waals surface area contributed by atoms with E-state index in [1.54, 1.807) is 30.4 Å². The van der Waals surface area contributed by atoms with Gasteiger partial charge in [-0.25, -0.2) is 0 Å². The molecule has 0 aromatic heterocycles. The summed E-state index contributed by atoms with van der Waals surface area (Å²) in [5.41, 5.74) is 0. The summed E-state index contributed by atoms with van der Waals surface area (Å²) >= 11 is 0. The second-order valence-electron chi connectivity index (χ2n) is 18.6. The van der Waals surface area contributed by atoms with Crippen LogP contribution in [0.15, 0.2) is 72.9 Å². The number of esters is 2. The summed E-state index contributed by atoms with van der Waals surface area (Å²) in [6, 6.07) is 0. The molecule has 4 atom stereocenters. The maximum Gasteiger partial charge on any atom is 0.306 e. The molecule has 11 nitrogen and oxygen atoms in total. The highest BCUT2D eigenvalue weighted by Gasteiger charge is 2.21. The molecule has 66 heavy (non-hydrogen) atoms. The Balaban J connectivity index is 4.45. The first-order valence-electron chi connectivity index (χ1n) is 25.9. The number of carbonyl (C=O) groups excluding carboxylic acids is 2. The molecule has 382 valence electrons. The van der Waals surface area contributed by atoms with E-state index in [1.165, 1.54) is 109 Å². The molecule has 12 heteroatoms. The lowest BCUT2D eigenvalue weighted by Crippen LogP contribution is -2.37. The Labute approximate surface area is 403 Å². The van der Waals surface area contributed by atoms with Crippen LogP contribution in [0.2, 0.25) is 0 Å². The number of hydrogen-bond donors (Lipinski definition) is 2. The Kier molecular flexibility index (Phi) is 43.1. The second kappa shape index (κ2) is 44.9. The summed E-state index contributed by atoms with van der Waals surface area (Å²) in [7, 11) is 1.03. The molecule has 0 saturated carbocycles. The zero-order valence-corrected chi connectivity index (χ0v) is 43.2. The fourth-order valence-electron chi connectivity index (χ4n) is 6.87. The number of aliphatic hydroxyl groups excluding tert-OH is 2. The first-order chi connectivity index (χ1) is 31.8. The number of ether oxygens (including phenoxy) is 2. The standard InChI is InChI=1S/C54H96NO10P/c1-6-8-10-11-12-13-14-15-16-17-18-19-20-21-22-23-24-25-29-32-38-44-53(58)62-48-52(49-64-66(60,61)63-47-46-55(3,4)5)65-54(59)45-39-33-37-43-51(57)42-36-31-28-26-27-30-35-41-50(56)40-34-9-7-2/h9,27-28,30-31,34-37,41-43,50-52,56-57H,6-8,10-26,29,32-33,38-40,44-49H2,1-5H3/b30-27-,31-28-,34-9-,41-35+,42-36+,43-37-/t50-,51-,52+/m0/s1. The summed E-state index contributed by atoms with van der Waals surface area (Å²) in [5, 5.41) is 20.1. The molecule has 0 aromatic carbocycles. The Morgan fingerprint density at radius 1 is 0.591 bits per heavy atom. The van der Waals surface area contributed by atoms with Gasteiger partial charge in [0.15, 0.2) is 6.10 Å². The number of quaternary nitrogens is 1. The number of rotatable bonds is 46. The SMILES string of the molecule is CC/C=C\C[C@H](O)/C=C/C=C\C/C=C\C=C\[C@H](O)/C=C\CCCC(=O)O[C@H](COC(=O)CCCCCCCCCCCCCCCCCCCCCCC)COP(=O)([O-])OCC[N+](C)(C)C. The van der Waals surface area contributed by atoms with Gasteiger partial charge in [0.1, 0.15) is 19.8 Å². The fourth-order valence-corrected chi connectivity index (χ4v) is 7.60. The van der Waals surface area contributed by atoms with Crippen LogP contribution in [0.1, 0.15) is 194 Å². The monoisotopic (exact) mass is 950 g/mol. The third kappa shape index (κ3) is 47.8. The van der Waals surface area contributed by atoms with Crippen LogP contribution in [-0.4, -0.2) is 92.5 Å². The molecule has 0 spiro atoms. The molecule has 0 rings (SSSR count). The smallest absolute Gasteiger partial charge is 0.306 e. The largest absolute Gasteiger partial charge is 0.756 e. The van der Waals surface area contributed by atoms with Gasteiger partial charge in [0.05, 0.1) is 40.0 Å². The zero-order valence-electron chi connectivity index (χ0n) is 42.3. The van der Waals surface area contributed by atoms with E-state index in [1.807, 2.05) is 63.7 Å². The molecule has 0 amide bonds. The van der Waals surface area contributed by atoms with Crippen LogP contribution < -0.4 is 4.89 Å². The number of aliphatic hydroxyl groups is 2. The predicted molar refractivity (Wildman–Crippen MR) is 271 cm³/mol. The molecule has 1 unspecified atom stereocenters. The van der Waals surface area contributed by atoms with Crippen molar-refractivity contribution in [3.63, 3.8) is 0 Å². The number of carbonyl (C=O) groups is 2.